The Labute approximate surface area is 181 Å². The molecule has 1 aliphatic heterocycles. The van der Waals surface area contributed by atoms with Gasteiger partial charge in [-0.3, -0.25) is 14.5 Å². The van der Waals surface area contributed by atoms with Crippen molar-refractivity contribution in [3.05, 3.63) is 71.3 Å². The van der Waals surface area contributed by atoms with Gasteiger partial charge in [-0.1, -0.05) is 65.6 Å². The van der Waals surface area contributed by atoms with Gasteiger partial charge in [0.2, 0.25) is 5.13 Å². The molecule has 3 aromatic rings. The third-order valence-electron chi connectivity index (χ3n) is 4.68. The Bertz CT molecular complexity index is 1140. The van der Waals surface area contributed by atoms with E-state index in [1.54, 1.807) is 54.6 Å². The number of hydrogen-bond donors (Lipinski definition) is 1. The second-order valence-electron chi connectivity index (χ2n) is 6.37. The average molecular weight is 440 g/mol. The summed E-state index contributed by atoms with van der Waals surface area (Å²) in [4.78, 5) is 27.3. The van der Waals surface area contributed by atoms with E-state index in [0.29, 0.717) is 26.3 Å². The lowest BCUT2D eigenvalue weighted by Gasteiger charge is -2.22. The van der Waals surface area contributed by atoms with Gasteiger partial charge >= 0.3 is 5.91 Å². The van der Waals surface area contributed by atoms with Gasteiger partial charge in [0.05, 0.1) is 18.7 Å². The molecule has 7 nitrogen and oxygen atoms in total. The molecule has 1 unspecified atom stereocenters. The van der Waals surface area contributed by atoms with Gasteiger partial charge in [0.1, 0.15) is 11.5 Å². The number of aliphatic hydroxyl groups excluding tert-OH is 1. The van der Waals surface area contributed by atoms with Crippen molar-refractivity contribution in [1.82, 2.24) is 10.2 Å². The number of carbonyl (C=O) groups is 2. The number of hydrogen-bond acceptors (Lipinski definition) is 8. The normalized spacial score (nSPS) is 18.1. The summed E-state index contributed by atoms with van der Waals surface area (Å²) in [5.41, 5.74) is 1.07. The minimum Gasteiger partial charge on any atom is -0.507 e. The van der Waals surface area contributed by atoms with E-state index in [-0.39, 0.29) is 11.3 Å². The number of benzene rings is 2. The summed E-state index contributed by atoms with van der Waals surface area (Å²) < 4.78 is 5.98. The molecule has 1 fully saturated rings. The standard InChI is InChI=1S/C21H17N3O4S2/c1-28-14-10-6-9-13(11-14)16-15(17(25)12-7-4-3-5-8-12)18(26)19(27)24(16)20-22-23-21(29-2)30-20/h3-11,16,25H,1-2H3/b17-15-. The van der Waals surface area contributed by atoms with Crippen molar-refractivity contribution in [1.29, 1.82) is 0 Å². The van der Waals surface area contributed by atoms with Gasteiger partial charge in [0, 0.05) is 5.56 Å². The molecule has 0 aliphatic carbocycles. The number of anilines is 1. The van der Waals surface area contributed by atoms with E-state index in [1.807, 2.05) is 6.26 Å². The fourth-order valence-corrected chi connectivity index (χ4v) is 4.58. The summed E-state index contributed by atoms with van der Waals surface area (Å²) in [6.45, 7) is 0. The molecule has 1 N–H and O–H groups in total. The molecule has 30 heavy (non-hydrogen) atoms. The Balaban J connectivity index is 1.94. The van der Waals surface area contributed by atoms with Crippen LogP contribution < -0.4 is 9.64 Å². The number of Topliss-reactive ketones (excluding diaryl/α,β-unsaturated/α-hetero) is 1. The van der Waals surface area contributed by atoms with E-state index >= 15 is 0 Å². The number of methoxy groups -OCH3 is 1. The molecular weight excluding hydrogens is 422 g/mol. The zero-order chi connectivity index (χ0) is 21.3. The number of nitrogens with zero attached hydrogens (tertiary/aromatic N) is 3. The molecule has 0 spiro atoms. The van der Waals surface area contributed by atoms with Crippen molar-refractivity contribution >= 4 is 45.7 Å². The second kappa shape index (κ2) is 8.29. The summed E-state index contributed by atoms with van der Waals surface area (Å²) in [5.74, 6) is -1.20. The highest BCUT2D eigenvalue weighted by molar-refractivity contribution is 8.00. The number of carbonyl (C=O) groups excluding carboxylic acids is 2. The van der Waals surface area contributed by atoms with Gasteiger partial charge in [-0.15, -0.1) is 10.2 Å². The molecule has 4 rings (SSSR count). The number of thioether (sulfide) groups is 1. The Morgan fingerprint density at radius 3 is 2.57 bits per heavy atom. The minimum atomic E-state index is -0.858. The number of ketones is 1. The minimum absolute atomic E-state index is 0.000328. The van der Waals surface area contributed by atoms with Gasteiger partial charge in [0.15, 0.2) is 4.34 Å². The lowest BCUT2D eigenvalue weighted by Crippen LogP contribution is -2.29. The number of aromatic nitrogens is 2. The van der Waals surface area contributed by atoms with Crippen LogP contribution in [0.4, 0.5) is 5.13 Å². The van der Waals surface area contributed by atoms with E-state index in [1.165, 1.54) is 35.1 Å². The van der Waals surface area contributed by atoms with Crippen molar-refractivity contribution in [3.8, 4) is 5.75 Å². The summed E-state index contributed by atoms with van der Waals surface area (Å²) in [7, 11) is 1.54. The number of ether oxygens (including phenoxy) is 1. The molecule has 2 heterocycles. The monoisotopic (exact) mass is 439 g/mol. The molecule has 1 aliphatic rings. The topological polar surface area (TPSA) is 92.6 Å². The first-order valence-corrected chi connectivity index (χ1v) is 11.0. The Kier molecular flexibility index (Phi) is 5.56. The fourth-order valence-electron chi connectivity index (χ4n) is 3.29. The molecule has 1 aromatic heterocycles. The largest absolute Gasteiger partial charge is 0.507 e. The van der Waals surface area contributed by atoms with Crippen molar-refractivity contribution in [2.24, 2.45) is 0 Å². The van der Waals surface area contributed by atoms with Crippen LogP contribution >= 0.6 is 23.1 Å². The van der Waals surface area contributed by atoms with E-state index in [9.17, 15) is 14.7 Å². The molecule has 1 saturated heterocycles. The summed E-state index contributed by atoms with van der Waals surface area (Å²) in [6, 6.07) is 14.9. The smallest absolute Gasteiger partial charge is 0.301 e. The molecule has 9 heteroatoms. The quantitative estimate of drug-likeness (QED) is 0.212. The van der Waals surface area contributed by atoms with Gasteiger partial charge in [-0.25, -0.2) is 0 Å². The van der Waals surface area contributed by atoms with Gasteiger partial charge in [0.25, 0.3) is 5.78 Å². The van der Waals surface area contributed by atoms with Crippen LogP contribution in [0, 0.1) is 0 Å². The van der Waals surface area contributed by atoms with E-state index < -0.39 is 17.7 Å². The van der Waals surface area contributed by atoms with Crippen LogP contribution in [-0.4, -0.2) is 40.4 Å². The summed E-state index contributed by atoms with van der Waals surface area (Å²) in [5, 5.41) is 19.4. The van der Waals surface area contributed by atoms with Gasteiger partial charge in [-0.2, -0.15) is 0 Å². The van der Waals surface area contributed by atoms with E-state index in [2.05, 4.69) is 10.2 Å². The molecular formula is C21H17N3O4S2. The van der Waals surface area contributed by atoms with E-state index in [0.717, 1.165) is 0 Å². The van der Waals surface area contributed by atoms with Crippen LogP contribution in [0.2, 0.25) is 0 Å². The van der Waals surface area contributed by atoms with Gasteiger partial charge in [-0.05, 0) is 24.0 Å². The Hall–Kier alpha value is -3.17. The molecule has 0 saturated carbocycles. The highest BCUT2D eigenvalue weighted by Crippen LogP contribution is 2.44. The maximum atomic E-state index is 13.0. The molecule has 2 aromatic carbocycles. The first kappa shape index (κ1) is 20.1. The highest BCUT2D eigenvalue weighted by atomic mass is 32.2. The number of aliphatic hydroxyl groups is 1. The van der Waals surface area contributed by atoms with Crippen molar-refractivity contribution in [2.75, 3.05) is 18.3 Å². The molecule has 0 bridgehead atoms. The Morgan fingerprint density at radius 2 is 1.90 bits per heavy atom. The van der Waals surface area contributed by atoms with Crippen LogP contribution in [0.1, 0.15) is 17.2 Å². The van der Waals surface area contributed by atoms with Crippen LogP contribution in [-0.2, 0) is 9.59 Å². The SMILES string of the molecule is COc1cccc(C2/C(=C(/O)c3ccccc3)C(=O)C(=O)N2c2nnc(SC)s2)c1. The lowest BCUT2D eigenvalue weighted by atomic mass is 9.95. The first-order valence-electron chi connectivity index (χ1n) is 8.93. The second-order valence-corrected chi connectivity index (χ2v) is 8.38. The van der Waals surface area contributed by atoms with Gasteiger partial charge < -0.3 is 9.84 Å². The number of amides is 1. The summed E-state index contributed by atoms with van der Waals surface area (Å²) >= 11 is 2.61. The predicted octanol–water partition coefficient (Wildman–Crippen LogP) is 3.89. The number of rotatable bonds is 5. The van der Waals surface area contributed by atoms with Crippen LogP contribution in [0.5, 0.6) is 5.75 Å². The maximum absolute atomic E-state index is 13.0. The van der Waals surface area contributed by atoms with Crippen LogP contribution in [0.25, 0.3) is 5.76 Å². The van der Waals surface area contributed by atoms with Crippen molar-refractivity contribution in [2.45, 2.75) is 10.4 Å². The molecule has 1 atom stereocenters. The molecule has 0 radical (unpaired) electrons. The molecule has 1 amide bonds. The lowest BCUT2D eigenvalue weighted by molar-refractivity contribution is -0.132. The Morgan fingerprint density at radius 1 is 1.13 bits per heavy atom. The predicted molar refractivity (Wildman–Crippen MR) is 116 cm³/mol. The summed E-state index contributed by atoms with van der Waals surface area (Å²) in [6.07, 6.45) is 1.85. The third kappa shape index (κ3) is 3.46. The zero-order valence-corrected chi connectivity index (χ0v) is 17.7. The van der Waals surface area contributed by atoms with Crippen LogP contribution in [0.15, 0.2) is 64.5 Å². The first-order chi connectivity index (χ1) is 14.5. The average Bonchev–Trinajstić information content (AvgIpc) is 3.36. The third-order valence-corrected chi connectivity index (χ3v) is 6.58. The van der Waals surface area contributed by atoms with Crippen molar-refractivity contribution < 1.29 is 19.4 Å². The zero-order valence-electron chi connectivity index (χ0n) is 16.1. The van der Waals surface area contributed by atoms with E-state index in [4.69, 9.17) is 4.74 Å². The molecule has 152 valence electrons. The van der Waals surface area contributed by atoms with Crippen molar-refractivity contribution in [3.63, 3.8) is 0 Å². The highest BCUT2D eigenvalue weighted by Gasteiger charge is 2.48. The van der Waals surface area contributed by atoms with Crippen LogP contribution in [0.3, 0.4) is 0 Å². The fraction of sp³-hybridized carbons (Fsp3) is 0.143. The maximum Gasteiger partial charge on any atom is 0.301 e.